The SMILES string of the molecule is CSc1ccc(COC(=O)c2[nH]c(C)c(C(C)=O)c2C)cc1. The summed E-state index contributed by atoms with van der Waals surface area (Å²) in [6, 6.07) is 7.86. The predicted octanol–water partition coefficient (Wildman–Crippen LogP) is 3.91. The summed E-state index contributed by atoms with van der Waals surface area (Å²) in [5.41, 5.74) is 3.19. The number of Topliss-reactive ketones (excluding diaryl/α,β-unsaturated/α-hetero) is 1. The highest BCUT2D eigenvalue weighted by molar-refractivity contribution is 7.98. The number of carbonyl (C=O) groups is 2. The Balaban J connectivity index is 2.09. The number of H-pyrrole nitrogens is 1. The van der Waals surface area contributed by atoms with Gasteiger partial charge in [0.25, 0.3) is 0 Å². The smallest absolute Gasteiger partial charge is 0.355 e. The molecule has 0 saturated carbocycles. The fourth-order valence-electron chi connectivity index (χ4n) is 2.43. The van der Waals surface area contributed by atoms with E-state index in [9.17, 15) is 9.59 Å². The van der Waals surface area contributed by atoms with Gasteiger partial charge >= 0.3 is 5.97 Å². The average molecular weight is 317 g/mol. The summed E-state index contributed by atoms with van der Waals surface area (Å²) in [5, 5.41) is 0. The minimum atomic E-state index is -0.443. The summed E-state index contributed by atoms with van der Waals surface area (Å²) in [7, 11) is 0. The van der Waals surface area contributed by atoms with Gasteiger partial charge in [0.2, 0.25) is 0 Å². The van der Waals surface area contributed by atoms with Crippen molar-refractivity contribution in [2.24, 2.45) is 0 Å². The van der Waals surface area contributed by atoms with Crippen molar-refractivity contribution in [3.05, 3.63) is 52.3 Å². The van der Waals surface area contributed by atoms with Gasteiger partial charge in [0, 0.05) is 16.2 Å². The van der Waals surface area contributed by atoms with E-state index in [0.717, 1.165) is 10.5 Å². The van der Waals surface area contributed by atoms with Crippen molar-refractivity contribution >= 4 is 23.5 Å². The molecular formula is C17H19NO3S. The molecule has 116 valence electrons. The zero-order valence-corrected chi connectivity index (χ0v) is 14.0. The lowest BCUT2D eigenvalue weighted by Gasteiger charge is -2.05. The normalized spacial score (nSPS) is 10.5. The number of esters is 1. The van der Waals surface area contributed by atoms with Gasteiger partial charge in [-0.15, -0.1) is 11.8 Å². The molecule has 0 aliphatic heterocycles. The molecule has 4 nitrogen and oxygen atoms in total. The van der Waals surface area contributed by atoms with Crippen molar-refractivity contribution < 1.29 is 14.3 Å². The van der Waals surface area contributed by atoms with Gasteiger partial charge in [-0.2, -0.15) is 0 Å². The third kappa shape index (κ3) is 3.42. The molecule has 0 bridgehead atoms. The molecular weight excluding hydrogens is 298 g/mol. The third-order valence-electron chi connectivity index (χ3n) is 3.52. The van der Waals surface area contributed by atoms with Crippen LogP contribution < -0.4 is 0 Å². The maximum absolute atomic E-state index is 12.2. The number of benzene rings is 1. The van der Waals surface area contributed by atoms with Crippen molar-refractivity contribution in [3.63, 3.8) is 0 Å². The molecule has 1 heterocycles. The first-order valence-corrected chi connectivity index (χ1v) is 8.16. The number of aryl methyl sites for hydroxylation is 1. The Labute approximate surface area is 134 Å². The summed E-state index contributed by atoms with van der Waals surface area (Å²) >= 11 is 1.66. The van der Waals surface area contributed by atoms with Gasteiger partial charge in [-0.1, -0.05) is 12.1 Å². The van der Waals surface area contributed by atoms with E-state index in [2.05, 4.69) is 4.98 Å². The molecule has 1 aromatic heterocycles. The van der Waals surface area contributed by atoms with E-state index >= 15 is 0 Å². The summed E-state index contributed by atoms with van der Waals surface area (Å²) in [4.78, 5) is 27.9. The average Bonchev–Trinajstić information content (AvgIpc) is 2.80. The second-order valence-corrected chi connectivity index (χ2v) is 5.99. The van der Waals surface area contributed by atoms with Gasteiger partial charge in [0.1, 0.15) is 12.3 Å². The number of aromatic nitrogens is 1. The highest BCUT2D eigenvalue weighted by Gasteiger charge is 2.20. The van der Waals surface area contributed by atoms with E-state index in [0.29, 0.717) is 22.5 Å². The molecule has 1 aromatic carbocycles. The minimum absolute atomic E-state index is 0.0574. The van der Waals surface area contributed by atoms with Crippen LogP contribution in [0.4, 0.5) is 0 Å². The Hall–Kier alpha value is -2.01. The molecule has 0 unspecified atom stereocenters. The fraction of sp³-hybridized carbons (Fsp3) is 0.294. The van der Waals surface area contributed by atoms with Crippen LogP contribution in [0.1, 0.15) is 44.6 Å². The topological polar surface area (TPSA) is 59.2 Å². The minimum Gasteiger partial charge on any atom is -0.456 e. The van der Waals surface area contributed by atoms with Gasteiger partial charge in [-0.3, -0.25) is 4.79 Å². The molecule has 2 aromatic rings. The van der Waals surface area contributed by atoms with Crippen LogP contribution in [-0.2, 0) is 11.3 Å². The molecule has 0 spiro atoms. The van der Waals surface area contributed by atoms with Crippen molar-refractivity contribution in [2.75, 3.05) is 6.26 Å². The zero-order valence-electron chi connectivity index (χ0n) is 13.1. The first-order valence-electron chi connectivity index (χ1n) is 6.94. The number of rotatable bonds is 5. The number of ketones is 1. The summed E-state index contributed by atoms with van der Waals surface area (Å²) < 4.78 is 5.33. The second-order valence-electron chi connectivity index (χ2n) is 5.11. The maximum Gasteiger partial charge on any atom is 0.355 e. The number of hydrogen-bond acceptors (Lipinski definition) is 4. The monoisotopic (exact) mass is 317 g/mol. The molecule has 0 atom stereocenters. The van der Waals surface area contributed by atoms with Crippen molar-refractivity contribution in [2.45, 2.75) is 32.3 Å². The van der Waals surface area contributed by atoms with E-state index in [4.69, 9.17) is 4.74 Å². The number of nitrogens with one attached hydrogen (secondary N) is 1. The van der Waals surface area contributed by atoms with E-state index in [1.54, 1.807) is 25.6 Å². The van der Waals surface area contributed by atoms with Gasteiger partial charge in [0.15, 0.2) is 5.78 Å². The van der Waals surface area contributed by atoms with Crippen LogP contribution in [-0.4, -0.2) is 23.0 Å². The summed E-state index contributed by atoms with van der Waals surface area (Å²) in [5.74, 6) is -0.500. The van der Waals surface area contributed by atoms with Crippen LogP contribution in [0, 0.1) is 13.8 Å². The molecule has 1 N–H and O–H groups in total. The molecule has 0 fully saturated rings. The van der Waals surface area contributed by atoms with Gasteiger partial charge in [0.05, 0.1) is 0 Å². The van der Waals surface area contributed by atoms with E-state index in [1.165, 1.54) is 6.92 Å². The Kier molecular flexibility index (Phi) is 5.08. The van der Waals surface area contributed by atoms with Gasteiger partial charge < -0.3 is 9.72 Å². The predicted molar refractivity (Wildman–Crippen MR) is 87.6 cm³/mol. The van der Waals surface area contributed by atoms with Crippen LogP contribution >= 0.6 is 11.8 Å². The largest absolute Gasteiger partial charge is 0.456 e. The number of aromatic amines is 1. The first kappa shape index (κ1) is 16.4. The molecule has 0 amide bonds. The van der Waals surface area contributed by atoms with Crippen LogP contribution in [0.2, 0.25) is 0 Å². The molecule has 22 heavy (non-hydrogen) atoms. The number of hydrogen-bond donors (Lipinski definition) is 1. The standard InChI is InChI=1S/C17H19NO3S/c1-10-15(12(3)19)11(2)18-16(10)17(20)21-9-13-5-7-14(22-4)8-6-13/h5-8,18H,9H2,1-4H3. The lowest BCUT2D eigenvalue weighted by molar-refractivity contribution is 0.0465. The zero-order chi connectivity index (χ0) is 16.3. The van der Waals surface area contributed by atoms with Gasteiger partial charge in [-0.05, 0) is 50.3 Å². The Bertz CT molecular complexity index is 701. The molecule has 0 aliphatic carbocycles. The molecule has 0 radical (unpaired) electrons. The molecule has 5 heteroatoms. The molecule has 0 aliphatic rings. The maximum atomic E-state index is 12.2. The van der Waals surface area contributed by atoms with Crippen molar-refractivity contribution in [1.29, 1.82) is 0 Å². The number of carbonyl (C=O) groups excluding carboxylic acids is 2. The quantitative estimate of drug-likeness (QED) is 0.516. The second kappa shape index (κ2) is 6.83. The van der Waals surface area contributed by atoms with E-state index in [1.807, 2.05) is 30.5 Å². The lowest BCUT2D eigenvalue weighted by Crippen LogP contribution is -2.07. The first-order chi connectivity index (χ1) is 10.4. The van der Waals surface area contributed by atoms with Crippen molar-refractivity contribution in [1.82, 2.24) is 4.98 Å². The summed E-state index contributed by atoms with van der Waals surface area (Å²) in [6.45, 7) is 5.23. The van der Waals surface area contributed by atoms with E-state index in [-0.39, 0.29) is 12.4 Å². The Morgan fingerprint density at radius 1 is 1.18 bits per heavy atom. The molecule has 2 rings (SSSR count). The van der Waals surface area contributed by atoms with Crippen LogP contribution in [0.5, 0.6) is 0 Å². The van der Waals surface area contributed by atoms with Gasteiger partial charge in [-0.25, -0.2) is 4.79 Å². The number of ether oxygens (including phenoxy) is 1. The molecule has 0 saturated heterocycles. The summed E-state index contributed by atoms with van der Waals surface area (Å²) in [6.07, 6.45) is 2.01. The fourth-order valence-corrected chi connectivity index (χ4v) is 2.83. The highest BCUT2D eigenvalue weighted by Crippen LogP contribution is 2.20. The third-order valence-corrected chi connectivity index (χ3v) is 4.27. The Morgan fingerprint density at radius 2 is 1.82 bits per heavy atom. The lowest BCUT2D eigenvalue weighted by atomic mass is 10.1. The number of thioether (sulfide) groups is 1. The van der Waals surface area contributed by atoms with E-state index < -0.39 is 5.97 Å². The van der Waals surface area contributed by atoms with Crippen LogP contribution in [0.25, 0.3) is 0 Å². The highest BCUT2D eigenvalue weighted by atomic mass is 32.2. The van der Waals surface area contributed by atoms with Crippen LogP contribution in [0.15, 0.2) is 29.2 Å². The van der Waals surface area contributed by atoms with Crippen molar-refractivity contribution in [3.8, 4) is 0 Å². The Morgan fingerprint density at radius 3 is 2.32 bits per heavy atom. The van der Waals surface area contributed by atoms with Crippen LogP contribution in [0.3, 0.4) is 0 Å².